The second-order valence-corrected chi connectivity index (χ2v) is 13.1. The molecule has 0 aliphatic carbocycles. The molecular formula is C52H35N. The van der Waals surface area contributed by atoms with Gasteiger partial charge in [-0.25, -0.2) is 0 Å². The molecule has 0 saturated carbocycles. The van der Waals surface area contributed by atoms with Crippen molar-refractivity contribution in [2.45, 2.75) is 0 Å². The fourth-order valence-electron chi connectivity index (χ4n) is 7.45. The van der Waals surface area contributed by atoms with E-state index in [0.29, 0.717) is 16.8 Å². The summed E-state index contributed by atoms with van der Waals surface area (Å²) in [6.07, 6.45) is 0. The van der Waals surface area contributed by atoms with Crippen LogP contribution in [-0.2, 0) is 0 Å². The molecule has 0 heterocycles. The average Bonchev–Trinajstić information content (AvgIpc) is 3.30. The average molecular weight is 682 g/mol. The monoisotopic (exact) mass is 681 g/mol. The number of benzene rings is 10. The van der Waals surface area contributed by atoms with Gasteiger partial charge in [-0.05, 0) is 125 Å². The van der Waals surface area contributed by atoms with Crippen LogP contribution in [0.15, 0.2) is 212 Å². The van der Waals surface area contributed by atoms with Crippen molar-refractivity contribution in [1.29, 1.82) is 0 Å². The lowest BCUT2D eigenvalue weighted by molar-refractivity contribution is 1.28. The Morgan fingerprint density at radius 1 is 0.283 bits per heavy atom. The number of hydrogen-bond acceptors (Lipinski definition) is 1. The molecule has 0 N–H and O–H groups in total. The van der Waals surface area contributed by atoms with E-state index in [4.69, 9.17) is 0 Å². The Morgan fingerprint density at radius 2 is 0.698 bits per heavy atom. The number of rotatable bonds is 6. The van der Waals surface area contributed by atoms with Crippen LogP contribution in [0.1, 0.15) is 11.0 Å². The number of anilines is 3. The van der Waals surface area contributed by atoms with E-state index < -0.39 is 0 Å². The van der Waals surface area contributed by atoms with Crippen molar-refractivity contribution in [2.24, 2.45) is 0 Å². The largest absolute Gasteiger partial charge is 0.310 e. The minimum atomic E-state index is -0.389. The van der Waals surface area contributed by atoms with Gasteiger partial charge in [-0.2, -0.15) is 0 Å². The van der Waals surface area contributed by atoms with Crippen LogP contribution in [0.3, 0.4) is 0 Å². The Morgan fingerprint density at radius 3 is 1.21 bits per heavy atom. The van der Waals surface area contributed by atoms with Crippen LogP contribution >= 0.6 is 0 Å². The van der Waals surface area contributed by atoms with Gasteiger partial charge in [0.15, 0.2) is 0 Å². The smallest absolute Gasteiger partial charge is 0.0645 e. The van der Waals surface area contributed by atoms with Crippen LogP contribution in [0.25, 0.3) is 76.5 Å². The van der Waals surface area contributed by atoms with Gasteiger partial charge in [0, 0.05) is 17.1 Å². The molecule has 0 saturated heterocycles. The van der Waals surface area contributed by atoms with E-state index in [0.717, 1.165) is 54.2 Å². The van der Waals surface area contributed by atoms with E-state index in [1.165, 1.54) is 4.90 Å². The van der Waals surface area contributed by atoms with Crippen LogP contribution < -0.4 is 4.90 Å². The van der Waals surface area contributed by atoms with Gasteiger partial charge in [0.1, 0.15) is 0 Å². The van der Waals surface area contributed by atoms with E-state index in [-0.39, 0.29) is 70.8 Å². The number of fused-ring (bicyclic) bond motifs is 6. The highest BCUT2D eigenvalue weighted by atomic mass is 15.1. The van der Waals surface area contributed by atoms with Crippen molar-refractivity contribution in [3.63, 3.8) is 0 Å². The van der Waals surface area contributed by atoms with Gasteiger partial charge >= 0.3 is 0 Å². The van der Waals surface area contributed by atoms with Crippen LogP contribution in [0.2, 0.25) is 0 Å². The Hall–Kier alpha value is -6.96. The Bertz CT molecular complexity index is 3170. The van der Waals surface area contributed by atoms with Gasteiger partial charge in [-0.1, -0.05) is 164 Å². The quantitative estimate of drug-likeness (QED) is 0.158. The molecule has 10 aromatic carbocycles. The third kappa shape index (κ3) is 5.51. The highest BCUT2D eigenvalue weighted by Gasteiger charge is 2.16. The molecule has 0 radical (unpaired) electrons. The second-order valence-electron chi connectivity index (χ2n) is 13.1. The number of nitrogens with zero attached hydrogens (tertiary/aromatic N) is 1. The van der Waals surface area contributed by atoms with Gasteiger partial charge in [0.25, 0.3) is 0 Å². The molecule has 10 rings (SSSR count). The molecule has 0 aliphatic heterocycles. The van der Waals surface area contributed by atoms with Gasteiger partial charge < -0.3 is 4.90 Å². The SMILES string of the molecule is [2H]c1c([2H])c(N(c2cccc(-c3ccccc3)c2)c2c([2H])c([2H])c(-c3cc4ccccc4c4ccccc34)c([2H])c2[2H])c([2H])c([2H])c1-c1cc2ccccc2c2ccccc12. The summed E-state index contributed by atoms with van der Waals surface area (Å²) < 4.78 is 77.1. The van der Waals surface area contributed by atoms with E-state index in [1.807, 2.05) is 152 Å². The molecule has 248 valence electrons. The van der Waals surface area contributed by atoms with Crippen molar-refractivity contribution >= 4 is 60.2 Å². The molecular weight excluding hydrogens is 639 g/mol. The summed E-state index contributed by atoms with van der Waals surface area (Å²) >= 11 is 0. The Kier molecular flexibility index (Phi) is 5.76. The topological polar surface area (TPSA) is 3.24 Å². The van der Waals surface area contributed by atoms with Crippen LogP contribution in [0, 0.1) is 0 Å². The zero-order chi connectivity index (χ0) is 42.1. The molecule has 10 aromatic rings. The maximum absolute atomic E-state index is 9.68. The molecule has 0 atom stereocenters. The molecule has 0 fully saturated rings. The summed E-state index contributed by atoms with van der Waals surface area (Å²) in [6, 6.07) is 49.1. The highest BCUT2D eigenvalue weighted by Crippen LogP contribution is 2.41. The summed E-state index contributed by atoms with van der Waals surface area (Å²) in [4.78, 5) is 1.37. The van der Waals surface area contributed by atoms with Gasteiger partial charge in [-0.15, -0.1) is 0 Å². The first-order valence-corrected chi connectivity index (χ1v) is 17.6. The summed E-state index contributed by atoms with van der Waals surface area (Å²) in [5.74, 6) is 0. The Balaban J connectivity index is 1.26. The van der Waals surface area contributed by atoms with Crippen molar-refractivity contribution in [3.8, 4) is 33.4 Å². The highest BCUT2D eigenvalue weighted by molar-refractivity contribution is 6.15. The summed E-state index contributed by atoms with van der Waals surface area (Å²) in [7, 11) is 0. The fraction of sp³-hybridized carbons (Fsp3) is 0. The third-order valence-electron chi connectivity index (χ3n) is 9.96. The first kappa shape index (κ1) is 23.5. The van der Waals surface area contributed by atoms with E-state index in [1.54, 1.807) is 12.1 Å². The molecule has 0 amide bonds. The zero-order valence-electron chi connectivity index (χ0n) is 36.5. The van der Waals surface area contributed by atoms with E-state index in [2.05, 4.69) is 0 Å². The summed E-state index contributed by atoms with van der Waals surface area (Å²) in [6.45, 7) is 0. The lowest BCUT2D eigenvalue weighted by Crippen LogP contribution is -2.10. The predicted octanol–water partition coefficient (Wildman–Crippen LogP) is 14.8. The molecule has 0 spiro atoms. The maximum Gasteiger partial charge on any atom is 0.0645 e. The van der Waals surface area contributed by atoms with Crippen LogP contribution in [-0.4, -0.2) is 0 Å². The second kappa shape index (κ2) is 13.0. The molecule has 1 nitrogen and oxygen atoms in total. The van der Waals surface area contributed by atoms with Crippen LogP contribution in [0.5, 0.6) is 0 Å². The molecule has 0 unspecified atom stereocenters. The number of hydrogen-bond donors (Lipinski definition) is 0. The molecule has 1 heteroatoms. The standard InChI is InChI=1S/C52H35N/c1-2-13-36(14-3-1)39-17-12-18-44(33-39)53(42-29-25-37(26-30-42)51-34-40-15-4-6-19-45(40)47-21-8-10-23-49(47)51)43-31-27-38(28-32-43)52-35-41-16-5-7-20-46(41)48-22-9-11-24-50(48)52/h1-35H/i25D,26D,27D,28D,29D,30D,31D,32D. The first-order valence-electron chi connectivity index (χ1n) is 21.6. The lowest BCUT2D eigenvalue weighted by Gasteiger charge is -2.26. The summed E-state index contributed by atoms with van der Waals surface area (Å²) in [5.41, 5.74) is 2.94. The molecule has 53 heavy (non-hydrogen) atoms. The first-order chi connectivity index (χ1) is 29.6. The fourth-order valence-corrected chi connectivity index (χ4v) is 7.45. The van der Waals surface area contributed by atoms with Crippen molar-refractivity contribution in [3.05, 3.63) is 212 Å². The molecule has 0 aromatic heterocycles. The molecule has 0 bridgehead atoms. The van der Waals surface area contributed by atoms with E-state index in [9.17, 15) is 11.0 Å². The maximum atomic E-state index is 9.68. The van der Waals surface area contributed by atoms with Gasteiger partial charge in [0.05, 0.1) is 11.0 Å². The Labute approximate surface area is 320 Å². The predicted molar refractivity (Wildman–Crippen MR) is 227 cm³/mol. The minimum absolute atomic E-state index is 0.122. The third-order valence-corrected chi connectivity index (χ3v) is 9.96. The van der Waals surface area contributed by atoms with Gasteiger partial charge in [0.2, 0.25) is 0 Å². The van der Waals surface area contributed by atoms with Gasteiger partial charge in [-0.3, -0.25) is 0 Å². The van der Waals surface area contributed by atoms with Crippen LogP contribution in [0.4, 0.5) is 17.1 Å². The molecule has 0 aliphatic rings. The van der Waals surface area contributed by atoms with Crippen molar-refractivity contribution in [2.75, 3.05) is 4.90 Å². The zero-order valence-corrected chi connectivity index (χ0v) is 28.5. The minimum Gasteiger partial charge on any atom is -0.310 e. The lowest BCUT2D eigenvalue weighted by atomic mass is 9.93. The normalized spacial score (nSPS) is 13.5. The van der Waals surface area contributed by atoms with Crippen molar-refractivity contribution < 1.29 is 11.0 Å². The van der Waals surface area contributed by atoms with Crippen molar-refractivity contribution in [1.82, 2.24) is 0 Å². The van der Waals surface area contributed by atoms with E-state index >= 15 is 0 Å². The summed E-state index contributed by atoms with van der Waals surface area (Å²) in [5, 5.41) is 7.16.